The molecule has 112 valence electrons. The third-order valence-electron chi connectivity index (χ3n) is 2.83. The fraction of sp³-hybridized carbons (Fsp3) is 0.500. The molecule has 1 rings (SSSR count). The average molecular weight is 281 g/mol. The van der Waals surface area contributed by atoms with Gasteiger partial charge >= 0.3 is 0 Å². The zero-order valence-corrected chi connectivity index (χ0v) is 12.3. The van der Waals surface area contributed by atoms with Crippen LogP contribution in [0.1, 0.15) is 6.42 Å². The van der Waals surface area contributed by atoms with Gasteiger partial charge in [-0.25, -0.2) is 0 Å². The van der Waals surface area contributed by atoms with Gasteiger partial charge in [0.2, 0.25) is 5.91 Å². The van der Waals surface area contributed by atoms with Crippen molar-refractivity contribution in [3.63, 3.8) is 0 Å². The van der Waals surface area contributed by atoms with Crippen molar-refractivity contribution in [3.05, 3.63) is 18.2 Å². The summed E-state index contributed by atoms with van der Waals surface area (Å²) in [4.78, 5) is 13.8. The number of rotatable bonds is 8. The summed E-state index contributed by atoms with van der Waals surface area (Å²) >= 11 is 0. The number of methoxy groups -OCH3 is 2. The van der Waals surface area contributed by atoms with E-state index in [9.17, 15) is 4.79 Å². The number of nitrogens with two attached hydrogens (primary N) is 1. The smallest absolute Gasteiger partial charge is 0.238 e. The Morgan fingerprint density at radius 1 is 1.40 bits per heavy atom. The summed E-state index contributed by atoms with van der Waals surface area (Å²) in [5.41, 5.74) is 6.93. The van der Waals surface area contributed by atoms with Crippen LogP contribution in [0.3, 0.4) is 0 Å². The number of hydrogen-bond donors (Lipinski definition) is 2. The highest BCUT2D eigenvalue weighted by Gasteiger charge is 2.09. The number of nitrogens with one attached hydrogen (secondary N) is 1. The molecule has 6 nitrogen and oxygen atoms in total. The number of benzene rings is 1. The number of amides is 1. The Bertz CT molecular complexity index is 438. The Morgan fingerprint density at radius 3 is 2.75 bits per heavy atom. The lowest BCUT2D eigenvalue weighted by Gasteiger charge is -2.16. The summed E-state index contributed by atoms with van der Waals surface area (Å²) in [7, 11) is 5.13. The minimum Gasteiger partial charge on any atom is -0.497 e. The Morgan fingerprint density at radius 2 is 2.15 bits per heavy atom. The molecule has 1 aromatic carbocycles. The molecule has 0 saturated heterocycles. The van der Waals surface area contributed by atoms with Gasteiger partial charge in [-0.15, -0.1) is 0 Å². The van der Waals surface area contributed by atoms with Gasteiger partial charge in [-0.2, -0.15) is 0 Å². The summed E-state index contributed by atoms with van der Waals surface area (Å²) in [5.74, 6) is 0.568. The molecule has 0 radical (unpaired) electrons. The fourth-order valence-electron chi connectivity index (χ4n) is 1.77. The first-order valence-electron chi connectivity index (χ1n) is 6.47. The van der Waals surface area contributed by atoms with Gasteiger partial charge in [-0.1, -0.05) is 0 Å². The monoisotopic (exact) mass is 281 g/mol. The van der Waals surface area contributed by atoms with E-state index >= 15 is 0 Å². The number of nitrogens with zero attached hydrogens (tertiary/aromatic N) is 1. The number of anilines is 2. The SMILES string of the molecule is COCCCN(C)CC(=O)Nc1ccc(OC)cc1N. The van der Waals surface area contributed by atoms with E-state index in [2.05, 4.69) is 5.32 Å². The molecule has 0 aliphatic rings. The van der Waals surface area contributed by atoms with Crippen LogP contribution in [0.2, 0.25) is 0 Å². The maximum Gasteiger partial charge on any atom is 0.238 e. The minimum atomic E-state index is -0.0956. The van der Waals surface area contributed by atoms with E-state index in [4.69, 9.17) is 15.2 Å². The molecule has 20 heavy (non-hydrogen) atoms. The maximum atomic E-state index is 11.9. The van der Waals surface area contributed by atoms with Gasteiger partial charge in [-0.05, 0) is 25.6 Å². The topological polar surface area (TPSA) is 76.8 Å². The van der Waals surface area contributed by atoms with Crippen LogP contribution < -0.4 is 15.8 Å². The van der Waals surface area contributed by atoms with E-state index in [1.807, 2.05) is 11.9 Å². The molecule has 3 N–H and O–H groups in total. The van der Waals surface area contributed by atoms with Crippen LogP contribution in [0.4, 0.5) is 11.4 Å². The van der Waals surface area contributed by atoms with Crippen LogP contribution >= 0.6 is 0 Å². The zero-order valence-electron chi connectivity index (χ0n) is 12.3. The lowest BCUT2D eigenvalue weighted by Crippen LogP contribution is -2.31. The van der Waals surface area contributed by atoms with Crippen LogP contribution in [0.15, 0.2) is 18.2 Å². The second kappa shape index (κ2) is 8.39. The van der Waals surface area contributed by atoms with Crippen molar-refractivity contribution in [2.24, 2.45) is 0 Å². The molecule has 0 aromatic heterocycles. The van der Waals surface area contributed by atoms with Crippen LogP contribution in [0.25, 0.3) is 0 Å². The van der Waals surface area contributed by atoms with E-state index in [1.54, 1.807) is 32.4 Å². The van der Waals surface area contributed by atoms with E-state index in [1.165, 1.54) is 0 Å². The second-order valence-electron chi connectivity index (χ2n) is 4.59. The lowest BCUT2D eigenvalue weighted by atomic mass is 10.2. The van der Waals surface area contributed by atoms with Crippen molar-refractivity contribution in [1.29, 1.82) is 0 Å². The third kappa shape index (κ3) is 5.46. The first-order chi connectivity index (χ1) is 9.56. The predicted octanol–water partition coefficient (Wildman–Crippen LogP) is 1.18. The van der Waals surface area contributed by atoms with Crippen molar-refractivity contribution in [3.8, 4) is 5.75 Å². The highest BCUT2D eigenvalue weighted by molar-refractivity contribution is 5.95. The molecule has 0 atom stereocenters. The molecule has 0 heterocycles. The van der Waals surface area contributed by atoms with Gasteiger partial charge in [-0.3, -0.25) is 9.69 Å². The normalized spacial score (nSPS) is 10.6. The van der Waals surface area contributed by atoms with Crippen molar-refractivity contribution in [2.75, 3.05) is 52.0 Å². The summed E-state index contributed by atoms with van der Waals surface area (Å²) < 4.78 is 10.0. The van der Waals surface area contributed by atoms with Gasteiger partial charge in [0, 0.05) is 26.3 Å². The Kier molecular flexibility index (Phi) is 6.83. The highest BCUT2D eigenvalue weighted by atomic mass is 16.5. The second-order valence-corrected chi connectivity index (χ2v) is 4.59. The van der Waals surface area contributed by atoms with Crippen LogP contribution in [0.5, 0.6) is 5.75 Å². The van der Waals surface area contributed by atoms with Gasteiger partial charge in [0.15, 0.2) is 0 Å². The molecule has 0 aliphatic carbocycles. The van der Waals surface area contributed by atoms with E-state index in [0.717, 1.165) is 13.0 Å². The van der Waals surface area contributed by atoms with Crippen molar-refractivity contribution in [1.82, 2.24) is 4.90 Å². The number of likely N-dealkylation sites (N-methyl/N-ethyl adjacent to an activating group) is 1. The predicted molar refractivity (Wildman–Crippen MR) is 80.0 cm³/mol. The van der Waals surface area contributed by atoms with Crippen molar-refractivity contribution < 1.29 is 14.3 Å². The molecule has 0 fully saturated rings. The lowest BCUT2D eigenvalue weighted by molar-refractivity contribution is -0.117. The number of hydrogen-bond acceptors (Lipinski definition) is 5. The van der Waals surface area contributed by atoms with Gasteiger partial charge in [0.05, 0.1) is 25.0 Å². The number of carbonyl (C=O) groups excluding carboxylic acids is 1. The van der Waals surface area contributed by atoms with Gasteiger partial charge in [0.1, 0.15) is 5.75 Å². The summed E-state index contributed by atoms with van der Waals surface area (Å²) in [5, 5.41) is 2.79. The minimum absolute atomic E-state index is 0.0956. The van der Waals surface area contributed by atoms with E-state index in [0.29, 0.717) is 30.3 Å². The molecule has 6 heteroatoms. The fourth-order valence-corrected chi connectivity index (χ4v) is 1.77. The maximum absolute atomic E-state index is 11.9. The zero-order chi connectivity index (χ0) is 15.0. The number of ether oxygens (including phenoxy) is 2. The summed E-state index contributed by atoms with van der Waals surface area (Å²) in [6.45, 7) is 1.81. The number of nitrogen functional groups attached to an aromatic ring is 1. The molecule has 0 spiro atoms. The summed E-state index contributed by atoms with van der Waals surface area (Å²) in [6.07, 6.45) is 0.894. The first-order valence-corrected chi connectivity index (χ1v) is 6.47. The molecular formula is C14H23N3O3. The van der Waals surface area contributed by atoms with Crippen molar-refractivity contribution >= 4 is 17.3 Å². The first kappa shape index (κ1) is 16.3. The standard InChI is InChI=1S/C14H23N3O3/c1-17(7-4-8-19-2)10-14(18)16-13-6-5-11(20-3)9-12(13)15/h5-6,9H,4,7-8,10,15H2,1-3H3,(H,16,18). The summed E-state index contributed by atoms with van der Waals surface area (Å²) in [6, 6.07) is 5.17. The molecule has 0 bridgehead atoms. The van der Waals surface area contributed by atoms with Gasteiger partial charge in [0.25, 0.3) is 0 Å². The van der Waals surface area contributed by atoms with Crippen LogP contribution in [0, 0.1) is 0 Å². The van der Waals surface area contributed by atoms with E-state index < -0.39 is 0 Å². The average Bonchev–Trinajstić information content (AvgIpc) is 2.41. The largest absolute Gasteiger partial charge is 0.497 e. The molecule has 1 amide bonds. The van der Waals surface area contributed by atoms with E-state index in [-0.39, 0.29) is 5.91 Å². The van der Waals surface area contributed by atoms with Crippen molar-refractivity contribution in [2.45, 2.75) is 6.42 Å². The van der Waals surface area contributed by atoms with Crippen LogP contribution in [-0.4, -0.2) is 51.8 Å². The molecule has 1 aromatic rings. The molecule has 0 saturated carbocycles. The Labute approximate surface area is 119 Å². The Balaban J connectivity index is 2.45. The Hall–Kier alpha value is -1.79. The third-order valence-corrected chi connectivity index (χ3v) is 2.83. The quantitative estimate of drug-likeness (QED) is 0.553. The number of carbonyl (C=O) groups is 1. The molecular weight excluding hydrogens is 258 g/mol. The molecule has 0 aliphatic heterocycles. The van der Waals surface area contributed by atoms with Crippen LogP contribution in [-0.2, 0) is 9.53 Å². The molecule has 0 unspecified atom stereocenters. The highest BCUT2D eigenvalue weighted by Crippen LogP contribution is 2.23. The van der Waals surface area contributed by atoms with Gasteiger partial charge < -0.3 is 20.5 Å².